The van der Waals surface area contributed by atoms with Crippen LogP contribution in [-0.4, -0.2) is 34.0 Å². The molecule has 0 spiro atoms. The molecule has 138 valence electrons. The zero-order valence-corrected chi connectivity index (χ0v) is 12.7. The van der Waals surface area contributed by atoms with Gasteiger partial charge in [0.2, 0.25) is 0 Å². The predicted molar refractivity (Wildman–Crippen MR) is 77.8 cm³/mol. The number of rotatable bonds is 3. The Hall–Kier alpha value is -3.76. The van der Waals surface area contributed by atoms with E-state index in [2.05, 4.69) is 0 Å². The summed E-state index contributed by atoms with van der Waals surface area (Å²) in [6.45, 7) is 0. The number of aromatic carboxylic acids is 2. The number of carbonyl (C=O) groups excluding carboxylic acids is 2. The van der Waals surface area contributed by atoms with Crippen molar-refractivity contribution in [3.8, 4) is 0 Å². The highest BCUT2D eigenvalue weighted by Gasteiger charge is 2.45. The zero-order valence-electron chi connectivity index (χ0n) is 12.7. The lowest BCUT2D eigenvalue weighted by molar-refractivity contribution is 0.0695. The first kappa shape index (κ1) is 18.0. The van der Waals surface area contributed by atoms with E-state index in [-0.39, 0.29) is 4.90 Å². The number of anilines is 1. The van der Waals surface area contributed by atoms with Crippen LogP contribution in [-0.2, 0) is 0 Å². The molecule has 0 aliphatic carbocycles. The maximum atomic E-state index is 13.9. The Labute approximate surface area is 146 Å². The van der Waals surface area contributed by atoms with E-state index in [1.165, 1.54) is 0 Å². The Balaban J connectivity index is 2.26. The van der Waals surface area contributed by atoms with Gasteiger partial charge in [0, 0.05) is 0 Å². The van der Waals surface area contributed by atoms with Crippen molar-refractivity contribution in [2.24, 2.45) is 0 Å². The highest BCUT2D eigenvalue weighted by molar-refractivity contribution is 6.34. The molecule has 27 heavy (non-hydrogen) atoms. The van der Waals surface area contributed by atoms with Crippen LogP contribution in [0.2, 0.25) is 0 Å². The predicted octanol–water partition coefficient (Wildman–Crippen LogP) is 2.44. The summed E-state index contributed by atoms with van der Waals surface area (Å²) in [6, 6.07) is 2.10. The second-order valence-corrected chi connectivity index (χ2v) is 5.33. The number of halogens is 4. The molecule has 2 amide bonds. The number of carbonyl (C=O) groups is 4. The maximum Gasteiger partial charge on any atom is 0.335 e. The first-order valence-electron chi connectivity index (χ1n) is 6.92. The summed E-state index contributed by atoms with van der Waals surface area (Å²) in [5, 5.41) is 18.0. The van der Waals surface area contributed by atoms with Gasteiger partial charge in [-0.05, 0) is 18.2 Å². The topological polar surface area (TPSA) is 112 Å². The van der Waals surface area contributed by atoms with Crippen LogP contribution in [0.3, 0.4) is 0 Å². The average molecular weight is 383 g/mol. The lowest BCUT2D eigenvalue weighted by atomic mass is 10.1. The Morgan fingerprint density at radius 1 is 0.704 bits per heavy atom. The van der Waals surface area contributed by atoms with Gasteiger partial charge in [0.25, 0.3) is 11.8 Å². The number of carboxylic acids is 2. The average Bonchev–Trinajstić information content (AvgIpc) is 2.88. The van der Waals surface area contributed by atoms with E-state index in [4.69, 9.17) is 10.2 Å². The quantitative estimate of drug-likeness (QED) is 0.364. The van der Waals surface area contributed by atoms with Crippen molar-refractivity contribution in [3.63, 3.8) is 0 Å². The molecule has 0 radical (unpaired) electrons. The molecule has 0 saturated heterocycles. The van der Waals surface area contributed by atoms with Crippen LogP contribution in [0.1, 0.15) is 41.4 Å². The van der Waals surface area contributed by atoms with E-state index >= 15 is 0 Å². The number of hydrogen-bond acceptors (Lipinski definition) is 4. The Bertz CT molecular complexity index is 1000. The molecule has 0 fully saturated rings. The molecule has 1 heterocycles. The molecule has 0 atom stereocenters. The van der Waals surface area contributed by atoms with E-state index in [0.717, 1.165) is 0 Å². The second kappa shape index (κ2) is 5.90. The molecule has 0 saturated carbocycles. The van der Waals surface area contributed by atoms with Gasteiger partial charge in [0.15, 0.2) is 23.3 Å². The minimum Gasteiger partial charge on any atom is -0.478 e. The second-order valence-electron chi connectivity index (χ2n) is 5.33. The third-order valence-corrected chi connectivity index (χ3v) is 3.77. The Morgan fingerprint density at radius 2 is 1.07 bits per heavy atom. The number of hydrogen-bond donors (Lipinski definition) is 2. The van der Waals surface area contributed by atoms with Crippen molar-refractivity contribution in [3.05, 3.63) is 63.7 Å². The van der Waals surface area contributed by atoms with Gasteiger partial charge in [0.05, 0.1) is 27.9 Å². The normalized spacial score (nSPS) is 13.1. The minimum absolute atomic E-state index is 0.0363. The van der Waals surface area contributed by atoms with Crippen molar-refractivity contribution >= 4 is 29.4 Å². The summed E-state index contributed by atoms with van der Waals surface area (Å²) < 4.78 is 54.6. The summed E-state index contributed by atoms with van der Waals surface area (Å²) >= 11 is 0. The van der Waals surface area contributed by atoms with E-state index < -0.39 is 75.0 Å². The van der Waals surface area contributed by atoms with Gasteiger partial charge in [-0.1, -0.05) is 0 Å². The fourth-order valence-corrected chi connectivity index (χ4v) is 2.57. The molecule has 11 heteroatoms. The number of amides is 2. The molecule has 2 aromatic rings. The third kappa shape index (κ3) is 2.51. The number of nitrogens with zero attached hydrogens (tertiary/aromatic N) is 1. The van der Waals surface area contributed by atoms with Crippen molar-refractivity contribution in [1.29, 1.82) is 0 Å². The molecule has 2 aromatic carbocycles. The van der Waals surface area contributed by atoms with Gasteiger partial charge in [-0.3, -0.25) is 9.59 Å². The van der Waals surface area contributed by atoms with Crippen LogP contribution in [0.5, 0.6) is 0 Å². The molecule has 1 aliphatic rings. The molecule has 0 bridgehead atoms. The smallest absolute Gasteiger partial charge is 0.335 e. The van der Waals surface area contributed by atoms with Gasteiger partial charge in [-0.15, -0.1) is 0 Å². The number of benzene rings is 2. The summed E-state index contributed by atoms with van der Waals surface area (Å²) in [5.41, 5.74) is -4.72. The summed E-state index contributed by atoms with van der Waals surface area (Å²) in [6.07, 6.45) is 0. The van der Waals surface area contributed by atoms with E-state index in [0.29, 0.717) is 18.2 Å². The highest BCUT2D eigenvalue weighted by atomic mass is 19.2. The fraction of sp³-hybridized carbons (Fsp3) is 0. The molecule has 2 N–H and O–H groups in total. The van der Waals surface area contributed by atoms with Gasteiger partial charge in [0.1, 0.15) is 0 Å². The molecule has 0 aromatic heterocycles. The van der Waals surface area contributed by atoms with E-state index in [1.807, 2.05) is 0 Å². The third-order valence-electron chi connectivity index (χ3n) is 3.77. The Kier molecular flexibility index (Phi) is 3.94. The number of fused-ring (bicyclic) bond motifs is 1. The zero-order chi connectivity index (χ0) is 20.2. The van der Waals surface area contributed by atoms with Crippen molar-refractivity contribution in [1.82, 2.24) is 0 Å². The van der Waals surface area contributed by atoms with Crippen LogP contribution in [0.15, 0.2) is 18.2 Å². The van der Waals surface area contributed by atoms with Crippen LogP contribution in [0.25, 0.3) is 0 Å². The monoisotopic (exact) mass is 383 g/mol. The van der Waals surface area contributed by atoms with Gasteiger partial charge >= 0.3 is 11.9 Å². The van der Waals surface area contributed by atoms with Gasteiger partial charge < -0.3 is 10.2 Å². The molecule has 1 aliphatic heterocycles. The minimum atomic E-state index is -2.31. The number of imide groups is 1. The van der Waals surface area contributed by atoms with Crippen LogP contribution >= 0.6 is 0 Å². The van der Waals surface area contributed by atoms with Crippen molar-refractivity contribution in [2.75, 3.05) is 4.90 Å². The van der Waals surface area contributed by atoms with E-state index in [1.54, 1.807) is 0 Å². The SMILES string of the molecule is O=C(O)c1cc(C(=O)O)cc(N2C(=O)c3c(F)c(F)c(F)c(F)c3C2=O)c1. The first-order valence-corrected chi connectivity index (χ1v) is 6.92. The molecule has 0 unspecified atom stereocenters. The summed E-state index contributed by atoms with van der Waals surface area (Å²) in [7, 11) is 0. The van der Waals surface area contributed by atoms with Crippen molar-refractivity contribution in [2.45, 2.75) is 0 Å². The summed E-state index contributed by atoms with van der Waals surface area (Å²) in [5.74, 6) is -15.3. The molecular formula is C16H5F4NO6. The number of carboxylic acid groups (broad SMARTS) is 2. The fourth-order valence-electron chi connectivity index (χ4n) is 2.57. The lowest BCUT2D eigenvalue weighted by Gasteiger charge is -2.15. The van der Waals surface area contributed by atoms with E-state index in [9.17, 15) is 36.7 Å². The molecule has 3 rings (SSSR count). The first-order chi connectivity index (χ1) is 12.6. The van der Waals surface area contributed by atoms with Gasteiger partial charge in [-0.2, -0.15) is 0 Å². The largest absolute Gasteiger partial charge is 0.478 e. The maximum absolute atomic E-state index is 13.9. The summed E-state index contributed by atoms with van der Waals surface area (Å²) in [4.78, 5) is 46.9. The molecular weight excluding hydrogens is 378 g/mol. The van der Waals surface area contributed by atoms with Gasteiger partial charge in [-0.25, -0.2) is 32.1 Å². The van der Waals surface area contributed by atoms with Crippen LogP contribution in [0.4, 0.5) is 23.2 Å². The molecule has 7 nitrogen and oxygen atoms in total. The van der Waals surface area contributed by atoms with Crippen LogP contribution in [0, 0.1) is 23.3 Å². The highest BCUT2D eigenvalue weighted by Crippen LogP contribution is 2.35. The Morgan fingerprint density at radius 3 is 1.41 bits per heavy atom. The van der Waals surface area contributed by atoms with Crippen molar-refractivity contribution < 1.29 is 47.0 Å². The standard InChI is InChI=1S/C16H5F4NO6/c17-9-7-8(10(18)12(20)11(9)19)14(23)21(13(7)22)6-2-4(15(24)25)1-5(3-6)16(26)27/h1-3H,(H,24,25)(H,26,27). The van der Waals surface area contributed by atoms with Crippen LogP contribution < -0.4 is 4.90 Å². The lowest BCUT2D eigenvalue weighted by Crippen LogP contribution is -2.30.